The summed E-state index contributed by atoms with van der Waals surface area (Å²) in [5.41, 5.74) is 1.70. The number of azo groups is 1. The zero-order valence-electron chi connectivity index (χ0n) is 14.1. The van der Waals surface area contributed by atoms with Crippen LogP contribution in [0.25, 0.3) is 0 Å². The molecule has 0 heterocycles. The Hall–Kier alpha value is -1.58. The van der Waals surface area contributed by atoms with Crippen molar-refractivity contribution in [2.75, 3.05) is 0 Å². The Balaban J connectivity index is 0.00000312. The van der Waals surface area contributed by atoms with Crippen LogP contribution in [0.3, 0.4) is 0 Å². The van der Waals surface area contributed by atoms with Crippen LogP contribution in [-0.4, -0.2) is 18.9 Å². The molecule has 0 aliphatic rings. The summed E-state index contributed by atoms with van der Waals surface area (Å²) in [5, 5.41) is 7.98. The Bertz CT molecular complexity index is 880. The van der Waals surface area contributed by atoms with E-state index in [1.807, 2.05) is 13.0 Å². The molecular weight excluding hydrogens is 355 g/mol. The number of hydrogen-bond donors (Lipinski definition) is 0. The summed E-state index contributed by atoms with van der Waals surface area (Å²) in [4.78, 5) is 10.9. The zero-order chi connectivity index (χ0) is 17.7. The SMILES string of the molecule is CCc1ccc(/N=N/c2ccc(S(=O)(=O)[O-])cc2)c(OC(C)=O)c1.[Na+]. The van der Waals surface area contributed by atoms with Gasteiger partial charge in [0, 0.05) is 6.92 Å². The van der Waals surface area contributed by atoms with E-state index in [0.29, 0.717) is 17.1 Å². The minimum absolute atomic E-state index is 0. The minimum atomic E-state index is -4.49. The van der Waals surface area contributed by atoms with Crippen LogP contribution in [0.1, 0.15) is 19.4 Å². The molecule has 126 valence electrons. The normalized spacial score (nSPS) is 11.2. The molecule has 0 saturated carbocycles. The van der Waals surface area contributed by atoms with Crippen molar-refractivity contribution in [3.63, 3.8) is 0 Å². The van der Waals surface area contributed by atoms with E-state index in [-0.39, 0.29) is 34.5 Å². The molecule has 0 aliphatic carbocycles. The van der Waals surface area contributed by atoms with Gasteiger partial charge in [-0.15, -0.1) is 5.11 Å². The smallest absolute Gasteiger partial charge is 0.744 e. The summed E-state index contributed by atoms with van der Waals surface area (Å²) < 4.78 is 37.7. The van der Waals surface area contributed by atoms with Crippen molar-refractivity contribution in [3.05, 3.63) is 48.0 Å². The van der Waals surface area contributed by atoms with Crippen LogP contribution in [0.5, 0.6) is 5.75 Å². The predicted octanol–water partition coefficient (Wildman–Crippen LogP) is 0.498. The largest absolute Gasteiger partial charge is 1.00 e. The van der Waals surface area contributed by atoms with Crippen molar-refractivity contribution in [1.29, 1.82) is 0 Å². The van der Waals surface area contributed by atoms with Crippen LogP contribution in [0, 0.1) is 0 Å². The molecule has 9 heteroatoms. The monoisotopic (exact) mass is 370 g/mol. The number of esters is 1. The number of hydrogen-bond acceptors (Lipinski definition) is 7. The van der Waals surface area contributed by atoms with E-state index >= 15 is 0 Å². The molecule has 0 unspecified atom stereocenters. The molecule has 0 aromatic heterocycles. The van der Waals surface area contributed by atoms with Gasteiger partial charge >= 0.3 is 35.5 Å². The van der Waals surface area contributed by atoms with E-state index in [1.165, 1.54) is 19.1 Å². The number of benzene rings is 2. The molecule has 25 heavy (non-hydrogen) atoms. The first-order valence-electron chi connectivity index (χ1n) is 7.08. The molecule has 2 rings (SSSR count). The molecule has 0 saturated heterocycles. The number of carbonyl (C=O) groups excluding carboxylic acids is 1. The number of nitrogens with zero attached hydrogens (tertiary/aromatic N) is 2. The minimum Gasteiger partial charge on any atom is -0.744 e. The van der Waals surface area contributed by atoms with Gasteiger partial charge in [-0.25, -0.2) is 8.42 Å². The topological polar surface area (TPSA) is 108 Å². The Morgan fingerprint density at radius 2 is 1.76 bits per heavy atom. The first kappa shape index (κ1) is 21.5. The van der Waals surface area contributed by atoms with Gasteiger partial charge in [0.05, 0.1) is 10.6 Å². The van der Waals surface area contributed by atoms with Gasteiger partial charge in [0.2, 0.25) is 0 Å². The van der Waals surface area contributed by atoms with Crippen LogP contribution in [0.2, 0.25) is 0 Å². The van der Waals surface area contributed by atoms with Crippen molar-refractivity contribution in [2.24, 2.45) is 10.2 Å². The van der Waals surface area contributed by atoms with E-state index in [2.05, 4.69) is 10.2 Å². The van der Waals surface area contributed by atoms with Gasteiger partial charge in [-0.1, -0.05) is 13.0 Å². The third-order valence-electron chi connectivity index (χ3n) is 3.08. The fraction of sp³-hybridized carbons (Fsp3) is 0.188. The van der Waals surface area contributed by atoms with E-state index in [9.17, 15) is 17.8 Å². The van der Waals surface area contributed by atoms with Crippen LogP contribution >= 0.6 is 0 Å². The quantitative estimate of drug-likeness (QED) is 0.250. The standard InChI is InChI=1S/C16H16N2O5S.Na/c1-3-12-4-9-15(16(10-12)23-11(2)19)18-17-13-5-7-14(8-6-13)24(20,21)22;/h4-10H,3H2,1-2H3,(H,20,21,22);/q;+1/p-1/b18-17+;. The molecule has 7 nitrogen and oxygen atoms in total. The third-order valence-corrected chi connectivity index (χ3v) is 3.93. The fourth-order valence-corrected chi connectivity index (χ4v) is 2.36. The van der Waals surface area contributed by atoms with E-state index in [0.717, 1.165) is 24.1 Å². The van der Waals surface area contributed by atoms with Crippen molar-refractivity contribution < 1.29 is 52.1 Å². The van der Waals surface area contributed by atoms with Crippen LogP contribution < -0.4 is 34.3 Å². The molecule has 0 bridgehead atoms. The predicted molar refractivity (Wildman–Crippen MR) is 85.7 cm³/mol. The summed E-state index contributed by atoms with van der Waals surface area (Å²) >= 11 is 0. The second-order valence-electron chi connectivity index (χ2n) is 4.90. The van der Waals surface area contributed by atoms with Crippen molar-refractivity contribution in [2.45, 2.75) is 25.2 Å². The maximum atomic E-state index is 11.2. The number of aryl methyl sites for hydroxylation is 1. The van der Waals surface area contributed by atoms with Crippen molar-refractivity contribution in [3.8, 4) is 5.75 Å². The number of ether oxygens (including phenoxy) is 1. The average Bonchev–Trinajstić information content (AvgIpc) is 2.52. The second-order valence-corrected chi connectivity index (χ2v) is 6.28. The Labute approximate surface area is 168 Å². The van der Waals surface area contributed by atoms with Gasteiger partial charge in [0.1, 0.15) is 15.8 Å². The molecule has 0 atom stereocenters. The maximum Gasteiger partial charge on any atom is 1.00 e. The molecule has 0 spiro atoms. The molecule has 2 aromatic carbocycles. The van der Waals surface area contributed by atoms with Crippen LogP contribution in [-0.2, 0) is 21.3 Å². The summed E-state index contributed by atoms with van der Waals surface area (Å²) in [6, 6.07) is 10.3. The van der Waals surface area contributed by atoms with Gasteiger partial charge in [-0.05, 0) is 48.4 Å². The molecule has 0 amide bonds. The van der Waals surface area contributed by atoms with E-state index < -0.39 is 16.1 Å². The molecule has 2 aromatic rings. The zero-order valence-corrected chi connectivity index (χ0v) is 16.9. The summed E-state index contributed by atoms with van der Waals surface area (Å²) in [5.74, 6) is -0.172. The Morgan fingerprint density at radius 3 is 2.28 bits per heavy atom. The maximum absolute atomic E-state index is 11.2. The summed E-state index contributed by atoms with van der Waals surface area (Å²) in [6.07, 6.45) is 0.775. The number of rotatable bonds is 5. The van der Waals surface area contributed by atoms with Crippen molar-refractivity contribution >= 4 is 27.5 Å². The average molecular weight is 370 g/mol. The molecule has 0 aliphatic heterocycles. The van der Waals surface area contributed by atoms with E-state index in [1.54, 1.807) is 12.1 Å². The molecule has 0 N–H and O–H groups in total. The van der Waals surface area contributed by atoms with Gasteiger partial charge in [0.15, 0.2) is 5.75 Å². The van der Waals surface area contributed by atoms with Gasteiger partial charge in [-0.2, -0.15) is 5.11 Å². The second kappa shape index (κ2) is 9.21. The Morgan fingerprint density at radius 1 is 1.12 bits per heavy atom. The van der Waals surface area contributed by atoms with Crippen LogP contribution in [0.15, 0.2) is 57.6 Å². The first-order valence-corrected chi connectivity index (χ1v) is 8.49. The van der Waals surface area contributed by atoms with Crippen LogP contribution in [0.4, 0.5) is 11.4 Å². The first-order chi connectivity index (χ1) is 11.3. The van der Waals surface area contributed by atoms with Gasteiger partial charge in [-0.3, -0.25) is 4.79 Å². The van der Waals surface area contributed by atoms with Gasteiger partial charge < -0.3 is 9.29 Å². The molecular formula is C16H15N2NaO5S. The third kappa shape index (κ3) is 6.33. The summed E-state index contributed by atoms with van der Waals surface area (Å²) in [7, 11) is -4.49. The molecule has 0 fully saturated rings. The van der Waals surface area contributed by atoms with E-state index in [4.69, 9.17) is 4.74 Å². The fourth-order valence-electron chi connectivity index (χ4n) is 1.89. The van der Waals surface area contributed by atoms with Gasteiger partial charge in [0.25, 0.3) is 0 Å². The Kier molecular flexibility index (Phi) is 7.91. The molecule has 0 radical (unpaired) electrons. The number of carbonyl (C=O) groups is 1. The summed E-state index contributed by atoms with van der Waals surface area (Å²) in [6.45, 7) is 3.27. The van der Waals surface area contributed by atoms with Crippen molar-refractivity contribution in [1.82, 2.24) is 0 Å².